The summed E-state index contributed by atoms with van der Waals surface area (Å²) in [6.07, 6.45) is 0.837. The zero-order chi connectivity index (χ0) is 14.8. The summed E-state index contributed by atoms with van der Waals surface area (Å²) in [5, 5.41) is -0.508. The van der Waals surface area contributed by atoms with E-state index >= 15 is 0 Å². The Bertz CT molecular complexity index is 559. The van der Waals surface area contributed by atoms with Gasteiger partial charge in [-0.15, -0.1) is 0 Å². The second-order valence-electron chi connectivity index (χ2n) is 5.28. The van der Waals surface area contributed by atoms with E-state index in [1.165, 1.54) is 24.5 Å². The van der Waals surface area contributed by atoms with Crippen LogP contribution in [0.1, 0.15) is 12.0 Å². The Hall–Kier alpha value is -0.980. The van der Waals surface area contributed by atoms with Crippen molar-refractivity contribution in [3.8, 4) is 0 Å². The third-order valence-corrected chi connectivity index (χ3v) is 6.14. The molecule has 0 spiro atoms. The van der Waals surface area contributed by atoms with E-state index in [9.17, 15) is 12.8 Å². The third-order valence-electron chi connectivity index (χ3n) is 3.74. The lowest BCUT2D eigenvalue weighted by Gasteiger charge is -2.33. The first-order valence-corrected chi connectivity index (χ1v) is 8.15. The SMILES string of the molecule is CN(C)S(=O)(=O)[C@H]1CCOC[C@@H]1Cc1ccccc1F. The molecule has 1 saturated heterocycles. The van der Waals surface area contributed by atoms with Crippen molar-refractivity contribution >= 4 is 10.0 Å². The Morgan fingerprint density at radius 2 is 2.05 bits per heavy atom. The van der Waals surface area contributed by atoms with Crippen LogP contribution in [-0.4, -0.2) is 45.3 Å². The molecular formula is C14H20FNO3S. The zero-order valence-corrected chi connectivity index (χ0v) is 12.6. The number of hydrogen-bond donors (Lipinski definition) is 0. The monoisotopic (exact) mass is 301 g/mol. The standard InChI is InChI=1S/C14H20FNO3S/c1-16(2)20(17,18)14-7-8-19-10-12(14)9-11-5-3-4-6-13(11)15/h3-6,12,14H,7-10H2,1-2H3/t12-,14-/m0/s1. The van der Waals surface area contributed by atoms with Gasteiger partial charge in [0.05, 0.1) is 11.9 Å². The van der Waals surface area contributed by atoms with Crippen molar-refractivity contribution < 1.29 is 17.5 Å². The highest BCUT2D eigenvalue weighted by atomic mass is 32.2. The predicted molar refractivity (Wildman–Crippen MR) is 75.4 cm³/mol. The van der Waals surface area contributed by atoms with Crippen LogP contribution >= 0.6 is 0 Å². The lowest BCUT2D eigenvalue weighted by atomic mass is 9.93. The van der Waals surface area contributed by atoms with E-state index in [1.807, 2.05) is 0 Å². The summed E-state index contributed by atoms with van der Waals surface area (Å²) in [5.74, 6) is -0.507. The Labute approximate surface area is 119 Å². The van der Waals surface area contributed by atoms with Crippen molar-refractivity contribution in [1.29, 1.82) is 0 Å². The Morgan fingerprint density at radius 3 is 2.70 bits per heavy atom. The summed E-state index contributed by atoms with van der Waals surface area (Å²) in [6.45, 7) is 0.789. The van der Waals surface area contributed by atoms with Crippen LogP contribution < -0.4 is 0 Å². The minimum atomic E-state index is -3.35. The molecule has 0 saturated carbocycles. The zero-order valence-electron chi connectivity index (χ0n) is 11.8. The van der Waals surface area contributed by atoms with E-state index in [-0.39, 0.29) is 11.7 Å². The molecule has 0 amide bonds. The molecule has 0 bridgehead atoms. The first-order chi connectivity index (χ1) is 9.43. The van der Waals surface area contributed by atoms with Crippen LogP contribution in [-0.2, 0) is 21.2 Å². The minimum Gasteiger partial charge on any atom is -0.381 e. The molecular weight excluding hydrogens is 281 g/mol. The molecule has 0 N–H and O–H groups in total. The minimum absolute atomic E-state index is 0.215. The Balaban J connectivity index is 2.22. The van der Waals surface area contributed by atoms with E-state index < -0.39 is 15.3 Å². The van der Waals surface area contributed by atoms with E-state index in [1.54, 1.807) is 18.2 Å². The predicted octanol–water partition coefficient (Wildman–Crippen LogP) is 1.66. The summed E-state index contributed by atoms with van der Waals surface area (Å²) in [5.41, 5.74) is 0.543. The molecule has 0 aromatic heterocycles. The van der Waals surface area contributed by atoms with Crippen LogP contribution in [0.3, 0.4) is 0 Å². The fourth-order valence-corrected chi connectivity index (χ4v) is 4.17. The molecule has 6 heteroatoms. The maximum Gasteiger partial charge on any atom is 0.216 e. The quantitative estimate of drug-likeness (QED) is 0.850. The van der Waals surface area contributed by atoms with E-state index in [2.05, 4.69) is 0 Å². The molecule has 1 aliphatic heterocycles. The summed E-state index contributed by atoms with van der Waals surface area (Å²) in [7, 11) is -0.286. The molecule has 0 unspecified atom stereocenters. The second-order valence-corrected chi connectivity index (χ2v) is 7.65. The first-order valence-electron chi connectivity index (χ1n) is 6.65. The van der Waals surface area contributed by atoms with Crippen LogP contribution in [0.5, 0.6) is 0 Å². The molecule has 112 valence electrons. The normalized spacial score (nSPS) is 24.0. The number of ether oxygens (including phenoxy) is 1. The molecule has 1 aromatic rings. The molecule has 1 heterocycles. The molecule has 0 aliphatic carbocycles. The number of rotatable bonds is 4. The van der Waals surface area contributed by atoms with E-state index in [0.29, 0.717) is 31.6 Å². The van der Waals surface area contributed by atoms with E-state index in [0.717, 1.165) is 0 Å². The molecule has 2 atom stereocenters. The van der Waals surface area contributed by atoms with Gasteiger partial charge in [0, 0.05) is 26.6 Å². The summed E-state index contributed by atoms with van der Waals surface area (Å²) < 4.78 is 45.1. The fraction of sp³-hybridized carbons (Fsp3) is 0.571. The first kappa shape index (κ1) is 15.4. The fourth-order valence-electron chi connectivity index (χ4n) is 2.58. The van der Waals surface area contributed by atoms with Gasteiger partial charge in [-0.3, -0.25) is 0 Å². The number of nitrogens with zero attached hydrogens (tertiary/aromatic N) is 1. The maximum absolute atomic E-state index is 13.7. The number of halogens is 1. The van der Waals surface area contributed by atoms with Gasteiger partial charge in [0.1, 0.15) is 5.82 Å². The van der Waals surface area contributed by atoms with Gasteiger partial charge in [0.15, 0.2) is 0 Å². The van der Waals surface area contributed by atoms with Crippen molar-refractivity contribution in [2.45, 2.75) is 18.1 Å². The van der Waals surface area contributed by atoms with Crippen molar-refractivity contribution in [2.75, 3.05) is 27.3 Å². The summed E-state index contributed by atoms with van der Waals surface area (Å²) in [6, 6.07) is 6.49. The molecule has 2 rings (SSSR count). The van der Waals surface area contributed by atoms with Crippen molar-refractivity contribution in [3.63, 3.8) is 0 Å². The van der Waals surface area contributed by atoms with Crippen molar-refractivity contribution in [3.05, 3.63) is 35.6 Å². The molecule has 1 aromatic carbocycles. The molecule has 1 aliphatic rings. The number of hydrogen-bond acceptors (Lipinski definition) is 3. The third kappa shape index (κ3) is 3.19. The number of sulfonamides is 1. The second kappa shape index (κ2) is 6.20. The lowest BCUT2D eigenvalue weighted by molar-refractivity contribution is 0.0561. The van der Waals surface area contributed by atoms with Gasteiger partial charge in [-0.1, -0.05) is 18.2 Å². The average molecular weight is 301 g/mol. The van der Waals surface area contributed by atoms with E-state index in [4.69, 9.17) is 4.74 Å². The van der Waals surface area contributed by atoms with Gasteiger partial charge in [0.2, 0.25) is 10.0 Å². The molecule has 20 heavy (non-hydrogen) atoms. The highest BCUT2D eigenvalue weighted by molar-refractivity contribution is 7.89. The lowest BCUT2D eigenvalue weighted by Crippen LogP contribution is -2.44. The van der Waals surface area contributed by atoms with Gasteiger partial charge in [-0.25, -0.2) is 17.1 Å². The van der Waals surface area contributed by atoms with Crippen molar-refractivity contribution in [1.82, 2.24) is 4.31 Å². The molecule has 4 nitrogen and oxygen atoms in total. The highest BCUT2D eigenvalue weighted by Crippen LogP contribution is 2.27. The average Bonchev–Trinajstić information content (AvgIpc) is 2.41. The Morgan fingerprint density at radius 1 is 1.35 bits per heavy atom. The smallest absolute Gasteiger partial charge is 0.216 e. The molecule has 0 radical (unpaired) electrons. The van der Waals surface area contributed by atoms with Gasteiger partial charge >= 0.3 is 0 Å². The number of benzene rings is 1. The highest BCUT2D eigenvalue weighted by Gasteiger charge is 2.37. The topological polar surface area (TPSA) is 46.6 Å². The van der Waals surface area contributed by atoms with Gasteiger partial charge in [0.25, 0.3) is 0 Å². The van der Waals surface area contributed by atoms with Crippen LogP contribution in [0.4, 0.5) is 4.39 Å². The van der Waals surface area contributed by atoms with Crippen molar-refractivity contribution in [2.24, 2.45) is 5.92 Å². The van der Waals surface area contributed by atoms with Gasteiger partial charge in [-0.05, 0) is 24.5 Å². The van der Waals surface area contributed by atoms with Crippen LogP contribution in [0.2, 0.25) is 0 Å². The maximum atomic E-state index is 13.7. The summed E-state index contributed by atoms with van der Waals surface area (Å²) in [4.78, 5) is 0. The van der Waals surface area contributed by atoms with Gasteiger partial charge < -0.3 is 4.74 Å². The van der Waals surface area contributed by atoms with Crippen LogP contribution in [0.25, 0.3) is 0 Å². The Kier molecular flexibility index (Phi) is 4.78. The van der Waals surface area contributed by atoms with Crippen LogP contribution in [0, 0.1) is 11.7 Å². The molecule has 1 fully saturated rings. The largest absolute Gasteiger partial charge is 0.381 e. The summed E-state index contributed by atoms with van der Waals surface area (Å²) >= 11 is 0. The van der Waals surface area contributed by atoms with Gasteiger partial charge in [-0.2, -0.15) is 0 Å². The van der Waals surface area contributed by atoms with Crippen LogP contribution in [0.15, 0.2) is 24.3 Å².